The topological polar surface area (TPSA) is 83.6 Å². The quantitative estimate of drug-likeness (QED) is 0.625. The van der Waals surface area contributed by atoms with Gasteiger partial charge in [-0.2, -0.15) is 0 Å². The van der Waals surface area contributed by atoms with E-state index >= 15 is 0 Å². The number of carboxylic acids is 1. The fourth-order valence-electron chi connectivity index (χ4n) is 1.79. The number of aromatic hydroxyl groups is 1. The van der Waals surface area contributed by atoms with Crippen LogP contribution in [0.2, 0.25) is 0 Å². The second-order valence-corrected chi connectivity index (χ2v) is 4.24. The number of carbonyl (C=O) groups is 1. The van der Waals surface area contributed by atoms with Gasteiger partial charge in [0, 0.05) is 18.4 Å². The summed E-state index contributed by atoms with van der Waals surface area (Å²) in [5.74, 6) is -0.0702. The second-order valence-electron chi connectivity index (χ2n) is 4.24. The summed E-state index contributed by atoms with van der Waals surface area (Å²) in [4.78, 5) is 14.7. The van der Waals surface area contributed by atoms with Crippen LogP contribution in [-0.4, -0.2) is 80.3 Å². The SMILES string of the molecule is O=C(O)CCCCc1nc(-c2ccccc2O)co1.[NaH].[NaH]. The molecule has 0 bridgehead atoms. The zero-order chi connectivity index (χ0) is 13.7. The van der Waals surface area contributed by atoms with Gasteiger partial charge in [0.2, 0.25) is 0 Å². The molecule has 7 heteroatoms. The van der Waals surface area contributed by atoms with Crippen LogP contribution in [0.3, 0.4) is 0 Å². The Bertz CT molecular complexity index is 572. The number of aliphatic carboxylic acids is 1. The number of para-hydroxylation sites is 1. The van der Waals surface area contributed by atoms with E-state index in [1.807, 2.05) is 6.07 Å². The Morgan fingerprint density at radius 3 is 2.57 bits per heavy atom. The van der Waals surface area contributed by atoms with Crippen molar-refractivity contribution in [1.29, 1.82) is 0 Å². The van der Waals surface area contributed by atoms with Crippen molar-refractivity contribution in [3.63, 3.8) is 0 Å². The first kappa shape index (κ1) is 20.7. The summed E-state index contributed by atoms with van der Waals surface area (Å²) in [5, 5.41) is 18.2. The number of aryl methyl sites for hydroxylation is 1. The summed E-state index contributed by atoms with van der Waals surface area (Å²) in [6, 6.07) is 6.92. The van der Waals surface area contributed by atoms with Gasteiger partial charge in [-0.1, -0.05) is 12.1 Å². The third kappa shape index (κ3) is 6.55. The molecule has 0 aliphatic carbocycles. The van der Waals surface area contributed by atoms with Gasteiger partial charge in [0.25, 0.3) is 0 Å². The fourth-order valence-corrected chi connectivity index (χ4v) is 1.79. The Balaban J connectivity index is 0.00000200. The van der Waals surface area contributed by atoms with Crippen LogP contribution in [0.5, 0.6) is 5.75 Å². The number of oxazole rings is 1. The third-order valence-electron chi connectivity index (χ3n) is 2.76. The van der Waals surface area contributed by atoms with Crippen molar-refractivity contribution >= 4 is 65.1 Å². The Kier molecular flexibility index (Phi) is 10.3. The zero-order valence-electron chi connectivity index (χ0n) is 10.4. The van der Waals surface area contributed by atoms with Crippen LogP contribution in [0.25, 0.3) is 11.3 Å². The first-order chi connectivity index (χ1) is 9.16. The molecular formula is C14H17NNa2O4. The number of phenolic OH excluding ortho intramolecular Hbond substituents is 1. The minimum absolute atomic E-state index is 0. The molecular weight excluding hydrogens is 292 g/mol. The molecule has 2 N–H and O–H groups in total. The molecule has 0 saturated heterocycles. The van der Waals surface area contributed by atoms with Crippen molar-refractivity contribution in [3.05, 3.63) is 36.4 Å². The summed E-state index contributed by atoms with van der Waals surface area (Å²) >= 11 is 0. The summed E-state index contributed by atoms with van der Waals surface area (Å²) in [6.45, 7) is 0. The van der Waals surface area contributed by atoms with E-state index < -0.39 is 5.97 Å². The minimum atomic E-state index is -0.790. The number of hydrogen-bond acceptors (Lipinski definition) is 4. The predicted molar refractivity (Wildman–Crippen MR) is 83.1 cm³/mol. The number of nitrogens with zero attached hydrogens (tertiary/aromatic N) is 1. The number of phenols is 1. The molecule has 0 radical (unpaired) electrons. The Morgan fingerprint density at radius 2 is 1.90 bits per heavy atom. The number of hydrogen-bond donors (Lipinski definition) is 2. The average molecular weight is 309 g/mol. The molecule has 0 fully saturated rings. The third-order valence-corrected chi connectivity index (χ3v) is 2.76. The monoisotopic (exact) mass is 309 g/mol. The summed E-state index contributed by atoms with van der Waals surface area (Å²) in [7, 11) is 0. The second kappa shape index (κ2) is 10.4. The van der Waals surface area contributed by atoms with Crippen molar-refractivity contribution in [2.45, 2.75) is 25.7 Å². The first-order valence-corrected chi connectivity index (χ1v) is 6.11. The molecule has 0 aliphatic heterocycles. The number of rotatable bonds is 6. The number of unbranched alkanes of at least 4 members (excludes halogenated alkanes) is 1. The van der Waals surface area contributed by atoms with Gasteiger partial charge >= 0.3 is 65.1 Å². The van der Waals surface area contributed by atoms with Crippen LogP contribution in [0, 0.1) is 0 Å². The average Bonchev–Trinajstić information content (AvgIpc) is 2.83. The summed E-state index contributed by atoms with van der Waals surface area (Å²) in [6.07, 6.45) is 3.58. The van der Waals surface area contributed by atoms with Gasteiger partial charge in [-0.15, -0.1) is 0 Å². The van der Waals surface area contributed by atoms with Crippen molar-refractivity contribution in [3.8, 4) is 17.0 Å². The molecule has 2 rings (SSSR count). The Hall–Kier alpha value is -0.300. The zero-order valence-corrected chi connectivity index (χ0v) is 10.4. The maximum atomic E-state index is 10.4. The number of aromatic nitrogens is 1. The van der Waals surface area contributed by atoms with E-state index in [2.05, 4.69) is 4.98 Å². The summed E-state index contributed by atoms with van der Waals surface area (Å²) < 4.78 is 5.31. The maximum absolute atomic E-state index is 10.4. The molecule has 1 aromatic carbocycles. The first-order valence-electron chi connectivity index (χ1n) is 6.11. The number of carboxylic acid groups (broad SMARTS) is 1. The van der Waals surface area contributed by atoms with Gasteiger partial charge in [0.1, 0.15) is 17.7 Å². The molecule has 0 unspecified atom stereocenters. The van der Waals surface area contributed by atoms with Crippen LogP contribution in [0.4, 0.5) is 0 Å². The van der Waals surface area contributed by atoms with Crippen LogP contribution in [0.1, 0.15) is 25.2 Å². The molecule has 0 atom stereocenters. The van der Waals surface area contributed by atoms with Gasteiger partial charge in [0.15, 0.2) is 5.89 Å². The fraction of sp³-hybridized carbons (Fsp3) is 0.286. The van der Waals surface area contributed by atoms with Gasteiger partial charge in [0.05, 0.1) is 0 Å². The van der Waals surface area contributed by atoms with Crippen LogP contribution in [-0.2, 0) is 11.2 Å². The van der Waals surface area contributed by atoms with Crippen LogP contribution >= 0.6 is 0 Å². The van der Waals surface area contributed by atoms with Crippen molar-refractivity contribution < 1.29 is 19.4 Å². The molecule has 0 aliphatic rings. The molecule has 0 saturated carbocycles. The van der Waals surface area contributed by atoms with Crippen molar-refractivity contribution in [2.75, 3.05) is 0 Å². The predicted octanol–water partition coefficient (Wildman–Crippen LogP) is 1.55. The molecule has 0 amide bonds. The molecule has 5 nitrogen and oxygen atoms in total. The van der Waals surface area contributed by atoms with E-state index in [9.17, 15) is 9.90 Å². The van der Waals surface area contributed by atoms with E-state index in [0.29, 0.717) is 36.4 Å². The van der Waals surface area contributed by atoms with E-state index in [1.165, 1.54) is 6.26 Å². The van der Waals surface area contributed by atoms with E-state index in [0.717, 1.165) is 0 Å². The Morgan fingerprint density at radius 1 is 1.19 bits per heavy atom. The number of benzene rings is 1. The normalized spacial score (nSPS) is 9.52. The standard InChI is InChI=1S/C14H15NO4.2Na.2H/c16-12-6-2-1-5-10(12)11-9-19-13(15-11)7-3-4-8-14(17)18;;;;/h1-2,5-6,9,16H,3-4,7-8H2,(H,17,18);;;;. The van der Waals surface area contributed by atoms with Crippen LogP contribution in [0.15, 0.2) is 34.9 Å². The van der Waals surface area contributed by atoms with Gasteiger partial charge < -0.3 is 14.6 Å². The van der Waals surface area contributed by atoms with Gasteiger partial charge in [-0.05, 0) is 25.0 Å². The molecule has 104 valence electrons. The molecule has 0 spiro atoms. The van der Waals surface area contributed by atoms with E-state index in [1.54, 1.807) is 18.2 Å². The van der Waals surface area contributed by atoms with Crippen molar-refractivity contribution in [2.24, 2.45) is 0 Å². The summed E-state index contributed by atoms with van der Waals surface area (Å²) in [5.41, 5.74) is 1.22. The Labute approximate surface area is 167 Å². The van der Waals surface area contributed by atoms with Gasteiger partial charge in [-0.3, -0.25) is 4.79 Å². The van der Waals surface area contributed by atoms with Crippen molar-refractivity contribution in [1.82, 2.24) is 4.98 Å². The van der Waals surface area contributed by atoms with Gasteiger partial charge in [-0.25, -0.2) is 4.98 Å². The molecule has 1 aromatic heterocycles. The molecule has 1 heterocycles. The van der Waals surface area contributed by atoms with E-state index in [4.69, 9.17) is 9.52 Å². The van der Waals surface area contributed by atoms with E-state index in [-0.39, 0.29) is 71.3 Å². The molecule has 2 aromatic rings. The molecule has 21 heavy (non-hydrogen) atoms. The van der Waals surface area contributed by atoms with Crippen LogP contribution < -0.4 is 0 Å².